The van der Waals surface area contributed by atoms with Crippen LogP contribution in [0.25, 0.3) is 0 Å². The first-order valence-electron chi connectivity index (χ1n) is 6.38. The van der Waals surface area contributed by atoms with Gasteiger partial charge in [0.2, 0.25) is 0 Å². The van der Waals surface area contributed by atoms with E-state index in [1.165, 1.54) is 0 Å². The lowest BCUT2D eigenvalue weighted by Gasteiger charge is -2.12. The first-order chi connectivity index (χ1) is 8.58. The van der Waals surface area contributed by atoms with Crippen LogP contribution in [0.3, 0.4) is 0 Å². The molecule has 0 saturated carbocycles. The number of methoxy groups -OCH3 is 1. The van der Waals surface area contributed by atoms with Crippen molar-refractivity contribution in [2.24, 2.45) is 0 Å². The van der Waals surface area contributed by atoms with Crippen LogP contribution in [-0.2, 0) is 28.9 Å². The summed E-state index contributed by atoms with van der Waals surface area (Å²) in [5.41, 5.74) is 1.96. The molecule has 0 aliphatic rings. The maximum Gasteiger partial charge on any atom is 0.167 e. The highest BCUT2D eigenvalue weighted by Gasteiger charge is 2.21. The van der Waals surface area contributed by atoms with Gasteiger partial charge in [-0.2, -0.15) is 5.10 Å². The van der Waals surface area contributed by atoms with Crippen LogP contribution in [0.1, 0.15) is 38.6 Å². The second-order valence-electron chi connectivity index (χ2n) is 4.15. The van der Waals surface area contributed by atoms with Crippen molar-refractivity contribution < 1.29 is 9.53 Å². The molecule has 0 saturated heterocycles. The van der Waals surface area contributed by atoms with Crippen molar-refractivity contribution in [3.8, 4) is 0 Å². The van der Waals surface area contributed by atoms with Crippen molar-refractivity contribution in [2.75, 3.05) is 7.11 Å². The number of nitrogens with zero attached hydrogens (tertiary/aromatic N) is 2. The lowest BCUT2D eigenvalue weighted by atomic mass is 10.1. The highest BCUT2D eigenvalue weighted by molar-refractivity contribution is 9.10. The minimum Gasteiger partial charge on any atom is -0.374 e. The smallest absolute Gasteiger partial charge is 0.167 e. The predicted octanol–water partition coefficient (Wildman–Crippen LogP) is 2.76. The van der Waals surface area contributed by atoms with Gasteiger partial charge >= 0.3 is 0 Å². The molecular formula is C13H21BrN2O2. The van der Waals surface area contributed by atoms with E-state index in [0.29, 0.717) is 12.8 Å². The van der Waals surface area contributed by atoms with Gasteiger partial charge in [0, 0.05) is 13.7 Å². The number of carbonyl (C=O) groups excluding carboxylic acids is 1. The van der Waals surface area contributed by atoms with Crippen molar-refractivity contribution in [1.82, 2.24) is 9.78 Å². The third-order valence-corrected chi connectivity index (χ3v) is 3.97. The monoisotopic (exact) mass is 316 g/mol. The molecule has 0 bridgehead atoms. The molecule has 1 heterocycles. The molecule has 0 fully saturated rings. The second-order valence-corrected chi connectivity index (χ2v) is 4.95. The van der Waals surface area contributed by atoms with E-state index < -0.39 is 0 Å². The number of ketones is 1. The van der Waals surface area contributed by atoms with Crippen LogP contribution in [0.2, 0.25) is 0 Å². The van der Waals surface area contributed by atoms with Crippen LogP contribution >= 0.6 is 15.9 Å². The molecule has 0 amide bonds. The highest BCUT2D eigenvalue weighted by atomic mass is 79.9. The molecule has 0 aliphatic carbocycles. The lowest BCUT2D eigenvalue weighted by molar-refractivity contribution is -0.128. The second kappa shape index (κ2) is 7.04. The summed E-state index contributed by atoms with van der Waals surface area (Å²) in [6, 6.07) is 0. The van der Waals surface area contributed by atoms with Crippen LogP contribution in [0.4, 0.5) is 0 Å². The fourth-order valence-corrected chi connectivity index (χ4v) is 2.70. The molecule has 1 aromatic heterocycles. The van der Waals surface area contributed by atoms with Crippen molar-refractivity contribution in [3.05, 3.63) is 15.9 Å². The predicted molar refractivity (Wildman–Crippen MR) is 74.8 cm³/mol. The van der Waals surface area contributed by atoms with Crippen LogP contribution in [0.5, 0.6) is 0 Å². The molecule has 5 heteroatoms. The van der Waals surface area contributed by atoms with E-state index in [-0.39, 0.29) is 11.9 Å². The first-order valence-corrected chi connectivity index (χ1v) is 7.17. The Hall–Kier alpha value is -0.680. The van der Waals surface area contributed by atoms with E-state index in [1.54, 1.807) is 7.11 Å². The van der Waals surface area contributed by atoms with Gasteiger partial charge in [0.15, 0.2) is 5.78 Å². The fourth-order valence-electron chi connectivity index (χ4n) is 1.99. The Bertz CT molecular complexity index is 411. The largest absolute Gasteiger partial charge is 0.374 e. The van der Waals surface area contributed by atoms with Crippen LogP contribution < -0.4 is 0 Å². The minimum absolute atomic E-state index is 0.109. The minimum atomic E-state index is -0.317. The van der Waals surface area contributed by atoms with Crippen LogP contribution in [-0.4, -0.2) is 28.8 Å². The molecule has 1 unspecified atom stereocenters. The van der Waals surface area contributed by atoms with E-state index >= 15 is 0 Å². The molecule has 0 aliphatic heterocycles. The van der Waals surface area contributed by atoms with E-state index in [2.05, 4.69) is 28.0 Å². The zero-order chi connectivity index (χ0) is 13.7. The summed E-state index contributed by atoms with van der Waals surface area (Å²) < 4.78 is 8.04. The molecule has 0 radical (unpaired) electrons. The number of ether oxygens (including phenoxy) is 1. The maximum absolute atomic E-state index is 12.1. The zero-order valence-corrected chi connectivity index (χ0v) is 13.1. The number of rotatable bonds is 7. The number of hydrogen-bond donors (Lipinski definition) is 0. The maximum atomic E-state index is 12.1. The summed E-state index contributed by atoms with van der Waals surface area (Å²) in [7, 11) is 1.58. The number of halogens is 1. The summed E-state index contributed by atoms with van der Waals surface area (Å²) in [5, 5.41) is 4.49. The van der Waals surface area contributed by atoms with Gasteiger partial charge < -0.3 is 4.74 Å². The van der Waals surface area contributed by atoms with Gasteiger partial charge in [-0.25, -0.2) is 0 Å². The van der Waals surface area contributed by atoms with Gasteiger partial charge in [-0.15, -0.1) is 0 Å². The van der Waals surface area contributed by atoms with Crippen LogP contribution in [0.15, 0.2) is 4.47 Å². The summed E-state index contributed by atoms with van der Waals surface area (Å²) in [6.07, 6.45) is 1.61. The average molecular weight is 317 g/mol. The number of aromatic nitrogens is 2. The summed E-state index contributed by atoms with van der Waals surface area (Å²) >= 11 is 3.55. The summed E-state index contributed by atoms with van der Waals surface area (Å²) in [6.45, 7) is 6.81. The van der Waals surface area contributed by atoms with Crippen molar-refractivity contribution in [2.45, 2.75) is 52.7 Å². The van der Waals surface area contributed by atoms with Gasteiger partial charge in [0.25, 0.3) is 0 Å². The SMILES string of the molecule is CCc1nn(CC)c(CC(=O)C(CC)OC)c1Br. The lowest BCUT2D eigenvalue weighted by Crippen LogP contribution is -2.25. The fraction of sp³-hybridized carbons (Fsp3) is 0.692. The molecule has 102 valence electrons. The number of aryl methyl sites for hydroxylation is 2. The quantitative estimate of drug-likeness (QED) is 0.777. The third-order valence-electron chi connectivity index (χ3n) is 3.05. The Morgan fingerprint density at radius 3 is 2.56 bits per heavy atom. The Kier molecular flexibility index (Phi) is 6.02. The molecule has 4 nitrogen and oxygen atoms in total. The normalized spacial score (nSPS) is 12.7. The number of Topliss-reactive ketones (excluding diaryl/α,β-unsaturated/α-hetero) is 1. The zero-order valence-electron chi connectivity index (χ0n) is 11.5. The van der Waals surface area contributed by atoms with E-state index in [9.17, 15) is 4.79 Å². The average Bonchev–Trinajstić information content (AvgIpc) is 2.68. The van der Waals surface area contributed by atoms with E-state index in [0.717, 1.165) is 28.8 Å². The standard InChI is InChI=1S/C13H21BrN2O2/c1-5-9-13(14)10(16(7-3)15-9)8-11(17)12(6-2)18-4/h12H,5-8H2,1-4H3. The van der Waals surface area contributed by atoms with Crippen LogP contribution in [0, 0.1) is 0 Å². The van der Waals surface area contributed by atoms with Gasteiger partial charge in [-0.1, -0.05) is 13.8 Å². The topological polar surface area (TPSA) is 44.1 Å². The van der Waals surface area contributed by atoms with Gasteiger partial charge in [-0.3, -0.25) is 9.48 Å². The highest BCUT2D eigenvalue weighted by Crippen LogP contribution is 2.23. The van der Waals surface area contributed by atoms with Gasteiger partial charge in [-0.05, 0) is 35.7 Å². The molecule has 0 N–H and O–H groups in total. The molecule has 1 rings (SSSR count). The Labute approximate surface area is 117 Å². The Morgan fingerprint density at radius 2 is 2.11 bits per heavy atom. The van der Waals surface area contributed by atoms with Gasteiger partial charge in [0.1, 0.15) is 6.10 Å². The molecule has 0 spiro atoms. The molecule has 18 heavy (non-hydrogen) atoms. The number of hydrogen-bond acceptors (Lipinski definition) is 3. The third kappa shape index (κ3) is 3.20. The Balaban J connectivity index is 2.96. The summed E-state index contributed by atoms with van der Waals surface area (Å²) in [4.78, 5) is 12.1. The molecule has 1 atom stereocenters. The summed E-state index contributed by atoms with van der Waals surface area (Å²) in [5.74, 6) is 0.109. The van der Waals surface area contributed by atoms with Crippen molar-refractivity contribution in [3.63, 3.8) is 0 Å². The molecule has 0 aromatic carbocycles. The van der Waals surface area contributed by atoms with Crippen molar-refractivity contribution >= 4 is 21.7 Å². The first kappa shape index (κ1) is 15.4. The van der Waals surface area contributed by atoms with Gasteiger partial charge in [0.05, 0.1) is 22.3 Å². The molecule has 1 aromatic rings. The van der Waals surface area contributed by atoms with E-state index in [4.69, 9.17) is 4.74 Å². The number of carbonyl (C=O) groups is 1. The Morgan fingerprint density at radius 1 is 1.44 bits per heavy atom. The van der Waals surface area contributed by atoms with Crippen molar-refractivity contribution in [1.29, 1.82) is 0 Å². The van der Waals surface area contributed by atoms with E-state index in [1.807, 2.05) is 18.5 Å². The molecular weight excluding hydrogens is 296 g/mol.